The Morgan fingerprint density at radius 2 is 2.04 bits per heavy atom. The third-order valence-corrected chi connectivity index (χ3v) is 5.22. The minimum atomic E-state index is 0.109. The van der Waals surface area contributed by atoms with Crippen molar-refractivity contribution in [1.29, 1.82) is 0 Å². The number of nitrogens with one attached hydrogen (secondary N) is 2. The summed E-state index contributed by atoms with van der Waals surface area (Å²) in [5.41, 5.74) is 2.24. The van der Waals surface area contributed by atoms with Gasteiger partial charge in [-0.2, -0.15) is 0 Å². The molecule has 2 unspecified atom stereocenters. The molecule has 2 saturated heterocycles. The quantitative estimate of drug-likeness (QED) is 0.898. The van der Waals surface area contributed by atoms with Gasteiger partial charge in [0.05, 0.1) is 5.92 Å². The van der Waals surface area contributed by atoms with E-state index in [0.717, 1.165) is 38.2 Å². The molecular formula is C19H29N3O. The highest BCUT2D eigenvalue weighted by atomic mass is 16.1. The molecule has 0 radical (unpaired) electrons. The highest BCUT2D eigenvalue weighted by molar-refractivity contribution is 5.92. The van der Waals surface area contributed by atoms with E-state index in [1.807, 2.05) is 12.1 Å². The van der Waals surface area contributed by atoms with E-state index < -0.39 is 0 Å². The first-order valence-corrected chi connectivity index (χ1v) is 9.07. The molecule has 23 heavy (non-hydrogen) atoms. The van der Waals surface area contributed by atoms with Crippen molar-refractivity contribution in [3.63, 3.8) is 0 Å². The van der Waals surface area contributed by atoms with Crippen molar-refractivity contribution in [2.75, 3.05) is 25.0 Å². The summed E-state index contributed by atoms with van der Waals surface area (Å²) in [6, 6.07) is 9.06. The number of piperidine rings is 2. The van der Waals surface area contributed by atoms with Crippen LogP contribution in [0.5, 0.6) is 0 Å². The summed E-state index contributed by atoms with van der Waals surface area (Å²) in [4.78, 5) is 14.8. The average Bonchev–Trinajstić information content (AvgIpc) is 2.59. The molecule has 1 amide bonds. The van der Waals surface area contributed by atoms with Gasteiger partial charge in [-0.1, -0.05) is 18.6 Å². The molecule has 2 aliphatic heterocycles. The molecule has 0 bridgehead atoms. The van der Waals surface area contributed by atoms with E-state index >= 15 is 0 Å². The van der Waals surface area contributed by atoms with Crippen LogP contribution in [0.25, 0.3) is 0 Å². The number of hydrogen-bond acceptors (Lipinski definition) is 3. The topological polar surface area (TPSA) is 44.4 Å². The minimum absolute atomic E-state index is 0.109. The van der Waals surface area contributed by atoms with E-state index in [2.05, 4.69) is 34.6 Å². The lowest BCUT2D eigenvalue weighted by Crippen LogP contribution is -2.37. The Morgan fingerprint density at radius 1 is 1.22 bits per heavy atom. The Morgan fingerprint density at radius 3 is 2.74 bits per heavy atom. The SMILES string of the molecule is CC1CCCCN1Cc1ccc(NC(=O)C2CCCNC2)cc1. The van der Waals surface area contributed by atoms with Gasteiger partial charge >= 0.3 is 0 Å². The van der Waals surface area contributed by atoms with Crippen molar-refractivity contribution in [3.05, 3.63) is 29.8 Å². The highest BCUT2D eigenvalue weighted by Gasteiger charge is 2.21. The van der Waals surface area contributed by atoms with E-state index in [0.29, 0.717) is 6.04 Å². The summed E-state index contributed by atoms with van der Waals surface area (Å²) in [5.74, 6) is 0.257. The third-order valence-electron chi connectivity index (χ3n) is 5.22. The van der Waals surface area contributed by atoms with Gasteiger partial charge in [0.1, 0.15) is 0 Å². The molecule has 2 heterocycles. The molecule has 0 saturated carbocycles. The highest BCUT2D eigenvalue weighted by Crippen LogP contribution is 2.20. The fourth-order valence-electron chi connectivity index (χ4n) is 3.64. The van der Waals surface area contributed by atoms with E-state index in [9.17, 15) is 4.79 Å². The lowest BCUT2D eigenvalue weighted by Gasteiger charge is -2.33. The lowest BCUT2D eigenvalue weighted by molar-refractivity contribution is -0.120. The van der Waals surface area contributed by atoms with Gasteiger partial charge in [-0.05, 0) is 63.4 Å². The first-order valence-electron chi connectivity index (χ1n) is 9.07. The zero-order valence-electron chi connectivity index (χ0n) is 14.2. The van der Waals surface area contributed by atoms with Crippen molar-refractivity contribution >= 4 is 11.6 Å². The van der Waals surface area contributed by atoms with Crippen LogP contribution in [0, 0.1) is 5.92 Å². The Labute approximate surface area is 139 Å². The number of likely N-dealkylation sites (tertiary alicyclic amines) is 1. The normalized spacial score (nSPS) is 26.0. The van der Waals surface area contributed by atoms with Crippen LogP contribution < -0.4 is 10.6 Å². The van der Waals surface area contributed by atoms with Crippen LogP contribution in [0.3, 0.4) is 0 Å². The maximum Gasteiger partial charge on any atom is 0.228 e. The number of carbonyl (C=O) groups is 1. The molecule has 3 rings (SSSR count). The van der Waals surface area contributed by atoms with Crippen LogP contribution in [0.15, 0.2) is 24.3 Å². The van der Waals surface area contributed by atoms with E-state index in [1.165, 1.54) is 31.4 Å². The number of hydrogen-bond donors (Lipinski definition) is 2. The second-order valence-corrected chi connectivity index (χ2v) is 7.04. The summed E-state index contributed by atoms with van der Waals surface area (Å²) in [6.07, 6.45) is 6.06. The van der Waals surface area contributed by atoms with Gasteiger partial charge in [0.2, 0.25) is 5.91 Å². The van der Waals surface area contributed by atoms with Crippen LogP contribution in [0.2, 0.25) is 0 Å². The van der Waals surface area contributed by atoms with Gasteiger partial charge < -0.3 is 10.6 Å². The second-order valence-electron chi connectivity index (χ2n) is 7.04. The van der Waals surface area contributed by atoms with Crippen molar-refractivity contribution in [2.45, 2.75) is 51.6 Å². The largest absolute Gasteiger partial charge is 0.326 e. The molecule has 0 aliphatic carbocycles. The molecule has 1 aromatic rings. The number of anilines is 1. The summed E-state index contributed by atoms with van der Waals surface area (Å²) >= 11 is 0. The van der Waals surface area contributed by atoms with Gasteiger partial charge in [0.25, 0.3) is 0 Å². The zero-order valence-corrected chi connectivity index (χ0v) is 14.2. The molecule has 0 spiro atoms. The molecule has 2 atom stereocenters. The van der Waals surface area contributed by atoms with Crippen molar-refractivity contribution in [3.8, 4) is 0 Å². The molecule has 0 aromatic heterocycles. The molecular weight excluding hydrogens is 286 g/mol. The molecule has 2 aliphatic rings. The van der Waals surface area contributed by atoms with Crippen LogP contribution >= 0.6 is 0 Å². The van der Waals surface area contributed by atoms with E-state index in [-0.39, 0.29) is 11.8 Å². The standard InChI is InChI=1S/C19H29N3O/c1-15-5-2-3-12-22(15)14-16-7-9-18(10-8-16)21-19(23)17-6-4-11-20-13-17/h7-10,15,17,20H,2-6,11-14H2,1H3,(H,21,23). The second kappa shape index (κ2) is 7.93. The maximum absolute atomic E-state index is 12.3. The van der Waals surface area contributed by atoms with Crippen LogP contribution in [-0.2, 0) is 11.3 Å². The molecule has 4 heteroatoms. The van der Waals surface area contributed by atoms with Crippen LogP contribution in [-0.4, -0.2) is 36.5 Å². The smallest absolute Gasteiger partial charge is 0.228 e. The lowest BCUT2D eigenvalue weighted by atomic mass is 9.98. The number of amides is 1. The number of carbonyl (C=O) groups excluding carboxylic acids is 1. The molecule has 1 aromatic carbocycles. The number of nitrogens with zero attached hydrogens (tertiary/aromatic N) is 1. The van der Waals surface area contributed by atoms with Gasteiger partial charge in [-0.25, -0.2) is 0 Å². The van der Waals surface area contributed by atoms with Crippen molar-refractivity contribution in [1.82, 2.24) is 10.2 Å². The Hall–Kier alpha value is -1.39. The Kier molecular flexibility index (Phi) is 5.68. The summed E-state index contributed by atoms with van der Waals surface area (Å²) in [6.45, 7) is 6.38. The van der Waals surface area contributed by atoms with Crippen LogP contribution in [0.1, 0.15) is 44.6 Å². The fourth-order valence-corrected chi connectivity index (χ4v) is 3.64. The third kappa shape index (κ3) is 4.55. The number of benzene rings is 1. The number of rotatable bonds is 4. The van der Waals surface area contributed by atoms with Crippen molar-refractivity contribution in [2.24, 2.45) is 5.92 Å². The summed E-state index contributed by atoms with van der Waals surface area (Å²) in [5, 5.41) is 6.35. The molecule has 2 fully saturated rings. The summed E-state index contributed by atoms with van der Waals surface area (Å²) in [7, 11) is 0. The predicted octanol–water partition coefficient (Wildman–Crippen LogP) is 3.00. The summed E-state index contributed by atoms with van der Waals surface area (Å²) < 4.78 is 0. The zero-order chi connectivity index (χ0) is 16.1. The average molecular weight is 315 g/mol. The first-order chi connectivity index (χ1) is 11.2. The minimum Gasteiger partial charge on any atom is -0.326 e. The Bertz CT molecular complexity index is 508. The van der Waals surface area contributed by atoms with Crippen LogP contribution in [0.4, 0.5) is 5.69 Å². The van der Waals surface area contributed by atoms with Gasteiger partial charge in [0.15, 0.2) is 0 Å². The monoisotopic (exact) mass is 315 g/mol. The Balaban J connectivity index is 1.53. The van der Waals surface area contributed by atoms with Crippen molar-refractivity contribution < 1.29 is 4.79 Å². The van der Waals surface area contributed by atoms with Gasteiger partial charge in [0, 0.05) is 24.8 Å². The van der Waals surface area contributed by atoms with E-state index in [1.54, 1.807) is 0 Å². The molecule has 126 valence electrons. The molecule has 2 N–H and O–H groups in total. The fraction of sp³-hybridized carbons (Fsp3) is 0.632. The predicted molar refractivity (Wildman–Crippen MR) is 94.4 cm³/mol. The first kappa shape index (κ1) is 16.5. The molecule has 4 nitrogen and oxygen atoms in total. The maximum atomic E-state index is 12.3. The van der Waals surface area contributed by atoms with Gasteiger partial charge in [-0.3, -0.25) is 9.69 Å². The van der Waals surface area contributed by atoms with Gasteiger partial charge in [-0.15, -0.1) is 0 Å². The van der Waals surface area contributed by atoms with E-state index in [4.69, 9.17) is 0 Å².